The summed E-state index contributed by atoms with van der Waals surface area (Å²) in [7, 11) is 1.70. The lowest BCUT2D eigenvalue weighted by Crippen LogP contribution is -2.40. The Hall–Kier alpha value is -3.52. The predicted molar refractivity (Wildman–Crippen MR) is 107 cm³/mol. The average molecular weight is 415 g/mol. The lowest BCUT2D eigenvalue weighted by Gasteiger charge is -2.04. The molecule has 150 valence electrons. The molecule has 0 atom stereocenters. The summed E-state index contributed by atoms with van der Waals surface area (Å²) < 4.78 is 12.5. The molecule has 0 bridgehead atoms. The molecule has 2 heterocycles. The van der Waals surface area contributed by atoms with Crippen LogP contribution in [-0.2, 0) is 18.4 Å². The molecule has 3 rings (SSSR count). The Bertz CT molecular complexity index is 1040. The van der Waals surface area contributed by atoms with Crippen LogP contribution < -0.4 is 15.6 Å². The van der Waals surface area contributed by atoms with Gasteiger partial charge in [-0.2, -0.15) is 5.10 Å². The van der Waals surface area contributed by atoms with E-state index in [9.17, 15) is 9.59 Å². The minimum atomic E-state index is -0.590. The molecule has 0 unspecified atom stereocenters. The zero-order valence-electron chi connectivity index (χ0n) is 15.8. The molecule has 2 N–H and O–H groups in total. The number of amides is 2. The number of rotatable bonds is 6. The van der Waals surface area contributed by atoms with Gasteiger partial charge in [0.05, 0.1) is 5.69 Å². The average Bonchev–Trinajstić information content (AvgIpc) is 3.29. The third-order valence-corrected chi connectivity index (χ3v) is 4.35. The molecule has 0 aliphatic rings. The van der Waals surface area contributed by atoms with Gasteiger partial charge < -0.3 is 9.15 Å². The first-order chi connectivity index (χ1) is 13.9. The highest BCUT2D eigenvalue weighted by atomic mass is 35.5. The highest BCUT2D eigenvalue weighted by Gasteiger charge is 2.12. The minimum Gasteiger partial charge on any atom is -0.486 e. The van der Waals surface area contributed by atoms with Crippen molar-refractivity contribution in [3.05, 3.63) is 76.5 Å². The van der Waals surface area contributed by atoms with Crippen molar-refractivity contribution in [2.75, 3.05) is 0 Å². The van der Waals surface area contributed by atoms with Gasteiger partial charge in [0.15, 0.2) is 5.76 Å². The van der Waals surface area contributed by atoms with Gasteiger partial charge in [-0.05, 0) is 37.3 Å². The highest BCUT2D eigenvalue weighted by Crippen LogP contribution is 2.19. The quantitative estimate of drug-likeness (QED) is 0.477. The van der Waals surface area contributed by atoms with Crippen LogP contribution in [0, 0.1) is 6.92 Å². The number of para-hydroxylation sites is 1. The molecule has 2 amide bonds. The van der Waals surface area contributed by atoms with E-state index in [-0.39, 0.29) is 12.4 Å². The number of aromatic nitrogens is 2. The summed E-state index contributed by atoms with van der Waals surface area (Å²) >= 11 is 6.10. The summed E-state index contributed by atoms with van der Waals surface area (Å²) in [6, 6.07) is 12.4. The molecule has 0 spiro atoms. The van der Waals surface area contributed by atoms with Gasteiger partial charge in [-0.1, -0.05) is 29.8 Å². The fourth-order valence-corrected chi connectivity index (χ4v) is 2.70. The van der Waals surface area contributed by atoms with Crippen molar-refractivity contribution in [3.63, 3.8) is 0 Å². The molecule has 3 aromatic rings. The molecular formula is C20H19ClN4O4. The molecule has 0 aliphatic heterocycles. The molecule has 9 heteroatoms. The van der Waals surface area contributed by atoms with E-state index >= 15 is 0 Å². The first kappa shape index (κ1) is 20.2. The number of benzene rings is 1. The lowest BCUT2D eigenvalue weighted by molar-refractivity contribution is -0.117. The second kappa shape index (κ2) is 9.11. The van der Waals surface area contributed by atoms with Gasteiger partial charge in [0.25, 0.3) is 5.91 Å². The maximum atomic E-state index is 12.1. The molecule has 0 radical (unpaired) electrons. The summed E-state index contributed by atoms with van der Waals surface area (Å²) in [5.41, 5.74) is 5.87. The van der Waals surface area contributed by atoms with Crippen LogP contribution >= 0.6 is 11.6 Å². The summed E-state index contributed by atoms with van der Waals surface area (Å²) in [6.07, 6.45) is 2.77. The van der Waals surface area contributed by atoms with Gasteiger partial charge in [0, 0.05) is 18.7 Å². The third kappa shape index (κ3) is 5.26. The zero-order chi connectivity index (χ0) is 20.8. The first-order valence-electron chi connectivity index (χ1n) is 8.68. The molecule has 8 nitrogen and oxygen atoms in total. The van der Waals surface area contributed by atoms with Crippen LogP contribution in [0.3, 0.4) is 0 Å². The van der Waals surface area contributed by atoms with Crippen LogP contribution in [0.1, 0.15) is 27.6 Å². The number of halogens is 1. The Kier molecular flexibility index (Phi) is 6.36. The normalized spacial score (nSPS) is 10.9. The number of carbonyl (C=O) groups is 2. The summed E-state index contributed by atoms with van der Waals surface area (Å²) in [5.74, 6) is 0.0991. The summed E-state index contributed by atoms with van der Waals surface area (Å²) in [5, 5.41) is 4.56. The second-order valence-electron chi connectivity index (χ2n) is 6.06. The van der Waals surface area contributed by atoms with Crippen molar-refractivity contribution in [1.82, 2.24) is 20.6 Å². The predicted octanol–water partition coefficient (Wildman–Crippen LogP) is 3.03. The van der Waals surface area contributed by atoms with E-state index in [4.69, 9.17) is 20.8 Å². The van der Waals surface area contributed by atoms with Crippen LogP contribution in [0.2, 0.25) is 5.15 Å². The van der Waals surface area contributed by atoms with Crippen LogP contribution in [-0.4, -0.2) is 21.6 Å². The molecule has 0 saturated carbocycles. The molecule has 29 heavy (non-hydrogen) atoms. The van der Waals surface area contributed by atoms with E-state index in [0.717, 1.165) is 0 Å². The number of nitrogens with zero attached hydrogens (tertiary/aromatic N) is 2. The van der Waals surface area contributed by atoms with Crippen LogP contribution in [0.4, 0.5) is 0 Å². The van der Waals surface area contributed by atoms with E-state index in [0.29, 0.717) is 27.9 Å². The smallest absolute Gasteiger partial charge is 0.305 e. The van der Waals surface area contributed by atoms with E-state index in [1.54, 1.807) is 20.0 Å². The molecule has 0 saturated heterocycles. The van der Waals surface area contributed by atoms with Gasteiger partial charge in [0.1, 0.15) is 23.3 Å². The molecular weight excluding hydrogens is 396 g/mol. The van der Waals surface area contributed by atoms with Crippen molar-refractivity contribution in [1.29, 1.82) is 0 Å². The molecule has 0 fully saturated rings. The fraction of sp³-hybridized carbons (Fsp3) is 0.150. The number of furan rings is 1. The van der Waals surface area contributed by atoms with Crippen molar-refractivity contribution < 1.29 is 18.7 Å². The van der Waals surface area contributed by atoms with Crippen molar-refractivity contribution >= 4 is 29.5 Å². The highest BCUT2D eigenvalue weighted by molar-refractivity contribution is 6.31. The number of ether oxygens (including phenoxy) is 1. The summed E-state index contributed by atoms with van der Waals surface area (Å²) in [4.78, 5) is 24.0. The van der Waals surface area contributed by atoms with Gasteiger partial charge in [-0.25, -0.2) is 0 Å². The Morgan fingerprint density at radius 1 is 1.21 bits per heavy atom. The number of hydrogen-bond donors (Lipinski definition) is 2. The maximum absolute atomic E-state index is 12.1. The fourth-order valence-electron chi connectivity index (χ4n) is 2.47. The Balaban J connectivity index is 1.49. The van der Waals surface area contributed by atoms with Crippen LogP contribution in [0.5, 0.6) is 5.75 Å². The van der Waals surface area contributed by atoms with Gasteiger partial charge in [-0.3, -0.25) is 25.1 Å². The second-order valence-corrected chi connectivity index (χ2v) is 6.42. The Morgan fingerprint density at radius 3 is 2.66 bits per heavy atom. The SMILES string of the molecule is Cc1nn(C)c(Cl)c1/C=C/C(=O)NNC(=O)c1ccc(COc2ccccc2)o1. The number of nitrogens with one attached hydrogen (secondary N) is 2. The standard InChI is InChI=1S/C20H19ClN4O4/c1-13-16(19(21)25(2)24-13)9-11-18(26)22-23-20(27)17-10-8-15(29-17)12-28-14-6-4-3-5-7-14/h3-11H,12H2,1-2H3,(H,22,26)(H,23,27)/b11-9+. The first-order valence-corrected chi connectivity index (χ1v) is 9.06. The van der Waals surface area contributed by atoms with Gasteiger partial charge in [-0.15, -0.1) is 0 Å². The van der Waals surface area contributed by atoms with E-state index in [2.05, 4.69) is 16.0 Å². The van der Waals surface area contributed by atoms with Crippen molar-refractivity contribution in [3.8, 4) is 5.75 Å². The third-order valence-electron chi connectivity index (χ3n) is 3.91. The van der Waals surface area contributed by atoms with Crippen molar-refractivity contribution in [2.45, 2.75) is 13.5 Å². The van der Waals surface area contributed by atoms with E-state index in [1.165, 1.54) is 22.9 Å². The van der Waals surface area contributed by atoms with Gasteiger partial charge in [0.2, 0.25) is 0 Å². The van der Waals surface area contributed by atoms with Crippen LogP contribution in [0.15, 0.2) is 53.0 Å². The number of carbonyl (C=O) groups excluding carboxylic acids is 2. The Labute approximate surface area is 172 Å². The lowest BCUT2D eigenvalue weighted by atomic mass is 10.2. The van der Waals surface area contributed by atoms with Crippen molar-refractivity contribution in [2.24, 2.45) is 7.05 Å². The summed E-state index contributed by atoms with van der Waals surface area (Å²) in [6.45, 7) is 1.96. The minimum absolute atomic E-state index is 0.0482. The van der Waals surface area contributed by atoms with E-state index < -0.39 is 11.8 Å². The topological polar surface area (TPSA) is 98.4 Å². The number of hydrogen-bond acceptors (Lipinski definition) is 5. The number of hydrazine groups is 1. The zero-order valence-corrected chi connectivity index (χ0v) is 16.6. The largest absolute Gasteiger partial charge is 0.486 e. The molecule has 1 aromatic carbocycles. The maximum Gasteiger partial charge on any atom is 0.305 e. The van der Waals surface area contributed by atoms with E-state index in [1.807, 2.05) is 30.3 Å². The molecule has 2 aromatic heterocycles. The monoisotopic (exact) mass is 414 g/mol. The Morgan fingerprint density at radius 2 is 1.97 bits per heavy atom. The van der Waals surface area contributed by atoms with Gasteiger partial charge >= 0.3 is 5.91 Å². The van der Waals surface area contributed by atoms with Crippen LogP contribution in [0.25, 0.3) is 6.08 Å². The number of aryl methyl sites for hydroxylation is 2. The molecule has 0 aliphatic carbocycles.